The molecule has 1 aromatic heterocycles. The van der Waals surface area contributed by atoms with Gasteiger partial charge in [-0.25, -0.2) is 0 Å². The van der Waals surface area contributed by atoms with Crippen molar-refractivity contribution in [3.05, 3.63) is 95.3 Å². The minimum atomic E-state index is -0.187. The molecule has 0 unspecified atom stereocenters. The van der Waals surface area contributed by atoms with Crippen molar-refractivity contribution in [1.82, 2.24) is 14.8 Å². The van der Waals surface area contributed by atoms with E-state index in [1.54, 1.807) is 24.3 Å². The lowest BCUT2D eigenvalue weighted by Gasteiger charge is -2.12. The number of aryl methyl sites for hydroxylation is 2. The van der Waals surface area contributed by atoms with Crippen molar-refractivity contribution in [3.63, 3.8) is 0 Å². The average molecular weight is 486 g/mol. The zero-order valence-electron chi connectivity index (χ0n) is 19.9. The molecule has 35 heavy (non-hydrogen) atoms. The van der Waals surface area contributed by atoms with Gasteiger partial charge < -0.3 is 10.6 Å². The molecule has 0 atom stereocenters. The van der Waals surface area contributed by atoms with Crippen molar-refractivity contribution in [3.8, 4) is 5.69 Å². The van der Waals surface area contributed by atoms with Crippen LogP contribution in [0.15, 0.2) is 78.0 Å². The number of benzene rings is 3. The molecule has 0 spiro atoms. The van der Waals surface area contributed by atoms with Crippen molar-refractivity contribution in [2.45, 2.75) is 32.5 Å². The lowest BCUT2D eigenvalue weighted by Crippen LogP contribution is -2.15. The molecule has 0 fully saturated rings. The highest BCUT2D eigenvalue weighted by Gasteiger charge is 2.16. The SMILES string of the molecule is CC(=O)c1cccc(NC(=O)CSc2nnc(CNc3ccc(C)cc3)n2-c2ccc(C)cc2)c1. The fourth-order valence-corrected chi connectivity index (χ4v) is 4.23. The Bertz CT molecular complexity index is 1330. The topological polar surface area (TPSA) is 88.9 Å². The summed E-state index contributed by atoms with van der Waals surface area (Å²) in [5.74, 6) is 0.660. The Hall–Kier alpha value is -3.91. The number of rotatable bonds is 9. The van der Waals surface area contributed by atoms with E-state index in [-0.39, 0.29) is 17.4 Å². The van der Waals surface area contributed by atoms with Crippen molar-refractivity contribution >= 4 is 34.8 Å². The van der Waals surface area contributed by atoms with Gasteiger partial charge in [-0.05, 0) is 57.2 Å². The van der Waals surface area contributed by atoms with Crippen LogP contribution < -0.4 is 10.6 Å². The number of aromatic nitrogens is 3. The summed E-state index contributed by atoms with van der Waals surface area (Å²) in [7, 11) is 0. The molecule has 2 N–H and O–H groups in total. The summed E-state index contributed by atoms with van der Waals surface area (Å²) in [5, 5.41) is 15.6. The molecule has 0 saturated heterocycles. The molecule has 178 valence electrons. The molecule has 0 aliphatic rings. The van der Waals surface area contributed by atoms with Crippen LogP contribution in [0, 0.1) is 13.8 Å². The van der Waals surface area contributed by atoms with Gasteiger partial charge in [0.15, 0.2) is 16.8 Å². The summed E-state index contributed by atoms with van der Waals surface area (Å²) >= 11 is 1.31. The smallest absolute Gasteiger partial charge is 0.234 e. The Morgan fingerprint density at radius 2 is 1.57 bits per heavy atom. The van der Waals surface area contributed by atoms with Gasteiger partial charge in [-0.3, -0.25) is 14.2 Å². The van der Waals surface area contributed by atoms with Gasteiger partial charge in [0.1, 0.15) is 0 Å². The monoisotopic (exact) mass is 485 g/mol. The molecule has 0 bridgehead atoms. The number of thioether (sulfide) groups is 1. The van der Waals surface area contributed by atoms with E-state index >= 15 is 0 Å². The van der Waals surface area contributed by atoms with E-state index in [0.717, 1.165) is 22.8 Å². The maximum absolute atomic E-state index is 12.6. The first-order chi connectivity index (χ1) is 16.9. The van der Waals surface area contributed by atoms with Gasteiger partial charge in [0.2, 0.25) is 5.91 Å². The number of ketones is 1. The van der Waals surface area contributed by atoms with Crippen molar-refractivity contribution in [2.75, 3.05) is 16.4 Å². The maximum Gasteiger partial charge on any atom is 0.234 e. The number of nitrogens with one attached hydrogen (secondary N) is 2. The van der Waals surface area contributed by atoms with Gasteiger partial charge in [-0.1, -0.05) is 59.3 Å². The Kier molecular flexibility index (Phi) is 7.62. The predicted molar refractivity (Wildman–Crippen MR) is 140 cm³/mol. The van der Waals surface area contributed by atoms with E-state index in [4.69, 9.17) is 0 Å². The van der Waals surface area contributed by atoms with Crippen LogP contribution in [0.2, 0.25) is 0 Å². The minimum Gasteiger partial charge on any atom is -0.378 e. The number of anilines is 2. The fraction of sp³-hybridized carbons (Fsp3) is 0.185. The highest BCUT2D eigenvalue weighted by Crippen LogP contribution is 2.24. The van der Waals surface area contributed by atoms with E-state index in [1.807, 2.05) is 47.9 Å². The van der Waals surface area contributed by atoms with Crippen molar-refractivity contribution in [2.24, 2.45) is 0 Å². The molecule has 8 heteroatoms. The normalized spacial score (nSPS) is 10.7. The number of Topliss-reactive ketones (excluding diaryl/α,β-unsaturated/α-hetero) is 1. The molecule has 0 aliphatic heterocycles. The molecular weight excluding hydrogens is 458 g/mol. The third-order valence-corrected chi connectivity index (χ3v) is 6.31. The van der Waals surface area contributed by atoms with Gasteiger partial charge in [-0.15, -0.1) is 10.2 Å². The second-order valence-electron chi connectivity index (χ2n) is 8.26. The Labute approximate surface area is 209 Å². The van der Waals surface area contributed by atoms with E-state index in [1.165, 1.54) is 24.2 Å². The van der Waals surface area contributed by atoms with Gasteiger partial charge >= 0.3 is 0 Å². The molecule has 4 aromatic rings. The predicted octanol–water partition coefficient (Wildman–Crippen LogP) is 5.43. The lowest BCUT2D eigenvalue weighted by molar-refractivity contribution is -0.113. The molecule has 3 aromatic carbocycles. The Morgan fingerprint density at radius 3 is 2.26 bits per heavy atom. The lowest BCUT2D eigenvalue weighted by atomic mass is 10.1. The first kappa shape index (κ1) is 24.2. The van der Waals surface area contributed by atoms with Crippen LogP contribution in [0.3, 0.4) is 0 Å². The van der Waals surface area contributed by atoms with Gasteiger partial charge in [-0.2, -0.15) is 0 Å². The Morgan fingerprint density at radius 1 is 0.886 bits per heavy atom. The second kappa shape index (κ2) is 11.0. The largest absolute Gasteiger partial charge is 0.378 e. The summed E-state index contributed by atoms with van der Waals surface area (Å²) < 4.78 is 1.97. The Balaban J connectivity index is 1.49. The number of nitrogens with zero attached hydrogens (tertiary/aromatic N) is 3. The number of carbonyl (C=O) groups is 2. The van der Waals surface area contributed by atoms with Crippen LogP contribution in [0.25, 0.3) is 5.69 Å². The van der Waals surface area contributed by atoms with Crippen LogP contribution in [0.4, 0.5) is 11.4 Å². The summed E-state index contributed by atoms with van der Waals surface area (Å²) in [5.41, 5.74) is 5.42. The number of hydrogen-bond acceptors (Lipinski definition) is 6. The van der Waals surface area contributed by atoms with Gasteiger partial charge in [0.05, 0.1) is 12.3 Å². The average Bonchev–Trinajstić information content (AvgIpc) is 3.26. The summed E-state index contributed by atoms with van der Waals surface area (Å²) in [6, 6.07) is 23.2. The molecular formula is C27H27N5O2S. The van der Waals surface area contributed by atoms with Crippen molar-refractivity contribution < 1.29 is 9.59 Å². The zero-order valence-corrected chi connectivity index (χ0v) is 20.7. The van der Waals surface area contributed by atoms with E-state index < -0.39 is 0 Å². The fourth-order valence-electron chi connectivity index (χ4n) is 3.46. The molecule has 1 amide bonds. The van der Waals surface area contributed by atoms with Crippen LogP contribution in [0.1, 0.15) is 34.2 Å². The van der Waals surface area contributed by atoms with Crippen LogP contribution >= 0.6 is 11.8 Å². The molecule has 0 saturated carbocycles. The number of amides is 1. The van der Waals surface area contributed by atoms with Crippen LogP contribution in [0.5, 0.6) is 0 Å². The summed E-state index contributed by atoms with van der Waals surface area (Å²) in [6.45, 7) is 6.07. The molecule has 0 aliphatic carbocycles. The highest BCUT2D eigenvalue weighted by atomic mass is 32.2. The summed E-state index contributed by atoms with van der Waals surface area (Å²) in [6.07, 6.45) is 0. The standard InChI is InChI=1S/C27H27N5O2S/c1-18-7-11-22(12-8-18)28-16-25-30-31-27(32(25)24-13-9-19(2)10-14-24)35-17-26(34)29-23-6-4-5-21(15-23)20(3)33/h4-15,28H,16-17H2,1-3H3,(H,29,34). The van der Waals surface area contributed by atoms with E-state index in [0.29, 0.717) is 23.0 Å². The molecule has 0 radical (unpaired) electrons. The number of carbonyl (C=O) groups excluding carboxylic acids is 2. The quantitative estimate of drug-likeness (QED) is 0.243. The molecule has 7 nitrogen and oxygen atoms in total. The van der Waals surface area contributed by atoms with Crippen LogP contribution in [-0.4, -0.2) is 32.2 Å². The third kappa shape index (κ3) is 6.36. The third-order valence-electron chi connectivity index (χ3n) is 5.38. The van der Waals surface area contributed by atoms with E-state index in [9.17, 15) is 9.59 Å². The number of hydrogen-bond donors (Lipinski definition) is 2. The first-order valence-corrected chi connectivity index (χ1v) is 12.2. The maximum atomic E-state index is 12.6. The van der Waals surface area contributed by atoms with Gasteiger partial charge in [0.25, 0.3) is 0 Å². The highest BCUT2D eigenvalue weighted by molar-refractivity contribution is 7.99. The molecule has 4 rings (SSSR count). The second-order valence-corrected chi connectivity index (χ2v) is 9.21. The molecule has 1 heterocycles. The van der Waals surface area contributed by atoms with Crippen molar-refractivity contribution in [1.29, 1.82) is 0 Å². The summed E-state index contributed by atoms with van der Waals surface area (Å²) in [4.78, 5) is 24.2. The van der Waals surface area contributed by atoms with Gasteiger partial charge in [0, 0.05) is 22.6 Å². The van der Waals surface area contributed by atoms with Crippen LogP contribution in [-0.2, 0) is 11.3 Å². The zero-order chi connectivity index (χ0) is 24.8. The van der Waals surface area contributed by atoms with E-state index in [2.05, 4.69) is 39.9 Å². The minimum absolute atomic E-state index is 0.0477. The first-order valence-electron chi connectivity index (χ1n) is 11.2.